The van der Waals surface area contributed by atoms with Crippen LogP contribution in [0, 0.1) is 23.6 Å². The number of halogens is 1. The molecule has 1 heterocycles. The molecule has 1 saturated carbocycles. The molecule has 2 fully saturated rings. The number of benzene rings is 1. The minimum atomic E-state index is -0.270. The van der Waals surface area contributed by atoms with Gasteiger partial charge in [-0.3, -0.25) is 0 Å². The fourth-order valence-corrected chi connectivity index (χ4v) is 3.10. The highest BCUT2D eigenvalue weighted by Gasteiger charge is 2.55. The normalized spacial score (nSPS) is 30.5. The summed E-state index contributed by atoms with van der Waals surface area (Å²) in [4.78, 5) is 2.26. The maximum atomic E-state index is 13.0. The number of nitrogens with zero attached hydrogens (tertiary/aromatic N) is 1. The highest BCUT2D eigenvalue weighted by atomic mass is 19.1. The number of nitrogen functional groups attached to an aromatic ring is 1. The van der Waals surface area contributed by atoms with Gasteiger partial charge in [-0.1, -0.05) is 0 Å². The van der Waals surface area contributed by atoms with E-state index >= 15 is 0 Å². The summed E-state index contributed by atoms with van der Waals surface area (Å²) in [5.41, 5.74) is 7.35. The van der Waals surface area contributed by atoms with Gasteiger partial charge in [0, 0.05) is 26.8 Å². The van der Waals surface area contributed by atoms with Gasteiger partial charge in [0.2, 0.25) is 0 Å². The average Bonchev–Trinajstić information content (AvgIpc) is 2.73. The van der Waals surface area contributed by atoms with Crippen LogP contribution in [0.3, 0.4) is 0 Å². The lowest BCUT2D eigenvalue weighted by Gasteiger charge is -2.23. The van der Waals surface area contributed by atoms with Gasteiger partial charge in [-0.15, -0.1) is 0 Å². The molecule has 0 spiro atoms. The average molecular weight is 236 g/mol. The van der Waals surface area contributed by atoms with E-state index in [0.717, 1.165) is 43.1 Å². The summed E-state index contributed by atoms with van der Waals surface area (Å²) < 4.78 is 18.2. The number of methoxy groups -OCH3 is 1. The van der Waals surface area contributed by atoms with Crippen molar-refractivity contribution in [3.05, 3.63) is 24.0 Å². The second-order valence-corrected chi connectivity index (χ2v) is 5.06. The summed E-state index contributed by atoms with van der Waals surface area (Å²) in [5, 5.41) is 0. The minimum absolute atomic E-state index is 0.270. The third kappa shape index (κ3) is 1.76. The largest absolute Gasteiger partial charge is 0.397 e. The molecule has 1 saturated heterocycles. The van der Waals surface area contributed by atoms with Crippen LogP contribution in [-0.2, 0) is 4.74 Å². The van der Waals surface area contributed by atoms with Crippen molar-refractivity contribution in [2.24, 2.45) is 17.8 Å². The first-order chi connectivity index (χ1) is 8.20. The molecule has 1 aromatic carbocycles. The monoisotopic (exact) mass is 236 g/mol. The molecule has 2 N–H and O–H groups in total. The van der Waals surface area contributed by atoms with Crippen LogP contribution in [0.25, 0.3) is 0 Å². The first-order valence-electron chi connectivity index (χ1n) is 5.99. The van der Waals surface area contributed by atoms with Gasteiger partial charge in [-0.25, -0.2) is 4.39 Å². The topological polar surface area (TPSA) is 38.5 Å². The molecule has 0 radical (unpaired) electrons. The van der Waals surface area contributed by atoms with Crippen LogP contribution < -0.4 is 10.6 Å². The number of ether oxygens (including phenoxy) is 1. The predicted octanol–water partition coefficient (Wildman–Crippen LogP) is 1.74. The zero-order chi connectivity index (χ0) is 12.0. The van der Waals surface area contributed by atoms with Crippen molar-refractivity contribution < 1.29 is 9.13 Å². The minimum Gasteiger partial charge on any atom is -0.397 e. The number of anilines is 2. The number of hydrogen-bond acceptors (Lipinski definition) is 3. The summed E-state index contributed by atoms with van der Waals surface area (Å²) in [7, 11) is 1.75. The summed E-state index contributed by atoms with van der Waals surface area (Å²) in [6.07, 6.45) is 0. The van der Waals surface area contributed by atoms with Gasteiger partial charge in [-0.2, -0.15) is 0 Å². The molecule has 2 unspecified atom stereocenters. The molecule has 3 nitrogen and oxygen atoms in total. The molecule has 0 amide bonds. The van der Waals surface area contributed by atoms with Crippen LogP contribution in [-0.4, -0.2) is 26.8 Å². The Morgan fingerprint density at radius 2 is 2.12 bits per heavy atom. The third-order valence-electron chi connectivity index (χ3n) is 4.06. The SMILES string of the molecule is COCC1C2CN(c3ccc(F)cc3N)C[C@H]12. The Kier molecular flexibility index (Phi) is 2.47. The molecule has 1 aliphatic heterocycles. The fourth-order valence-electron chi connectivity index (χ4n) is 3.10. The number of rotatable bonds is 3. The molecule has 2 aliphatic rings. The van der Waals surface area contributed by atoms with Gasteiger partial charge >= 0.3 is 0 Å². The van der Waals surface area contributed by atoms with Crippen LogP contribution in [0.1, 0.15) is 0 Å². The number of piperidine rings is 1. The lowest BCUT2D eigenvalue weighted by Crippen LogP contribution is -2.25. The van der Waals surface area contributed by atoms with Gasteiger partial charge in [0.1, 0.15) is 5.82 Å². The number of nitrogens with two attached hydrogens (primary N) is 1. The third-order valence-corrected chi connectivity index (χ3v) is 4.06. The van der Waals surface area contributed by atoms with Crippen molar-refractivity contribution in [2.75, 3.05) is 37.4 Å². The van der Waals surface area contributed by atoms with Gasteiger partial charge < -0.3 is 15.4 Å². The van der Waals surface area contributed by atoms with E-state index in [2.05, 4.69) is 4.90 Å². The van der Waals surface area contributed by atoms with Crippen molar-refractivity contribution in [3.8, 4) is 0 Å². The second-order valence-electron chi connectivity index (χ2n) is 5.06. The van der Waals surface area contributed by atoms with Crippen molar-refractivity contribution in [2.45, 2.75) is 0 Å². The Balaban J connectivity index is 1.69. The maximum absolute atomic E-state index is 13.0. The van der Waals surface area contributed by atoms with Crippen molar-refractivity contribution in [1.29, 1.82) is 0 Å². The molecule has 3 rings (SSSR count). The first-order valence-corrected chi connectivity index (χ1v) is 5.99. The van der Waals surface area contributed by atoms with Crippen molar-refractivity contribution in [3.63, 3.8) is 0 Å². The quantitative estimate of drug-likeness (QED) is 0.812. The Bertz CT molecular complexity index is 425. The molecule has 0 aromatic heterocycles. The van der Waals surface area contributed by atoms with Crippen molar-refractivity contribution >= 4 is 11.4 Å². The zero-order valence-electron chi connectivity index (χ0n) is 9.90. The lowest BCUT2D eigenvalue weighted by atomic mass is 10.2. The molecule has 92 valence electrons. The van der Waals surface area contributed by atoms with Crippen LogP contribution in [0.5, 0.6) is 0 Å². The van der Waals surface area contributed by atoms with Crippen LogP contribution >= 0.6 is 0 Å². The van der Waals surface area contributed by atoms with E-state index in [1.807, 2.05) is 0 Å². The van der Waals surface area contributed by atoms with Gasteiger partial charge in [-0.05, 0) is 36.0 Å². The fraction of sp³-hybridized carbons (Fsp3) is 0.538. The Labute approximate surface area is 100 Å². The molecular weight excluding hydrogens is 219 g/mol. The molecule has 1 aromatic rings. The van der Waals surface area contributed by atoms with E-state index in [9.17, 15) is 4.39 Å². The molecular formula is C13H17FN2O. The second kappa shape index (κ2) is 3.88. The predicted molar refractivity (Wildman–Crippen MR) is 65.4 cm³/mol. The lowest BCUT2D eigenvalue weighted by molar-refractivity contribution is 0.176. The highest BCUT2D eigenvalue weighted by Crippen LogP contribution is 2.53. The van der Waals surface area contributed by atoms with E-state index in [4.69, 9.17) is 10.5 Å². The zero-order valence-corrected chi connectivity index (χ0v) is 9.90. The molecule has 4 heteroatoms. The Morgan fingerprint density at radius 1 is 1.41 bits per heavy atom. The Morgan fingerprint density at radius 3 is 2.71 bits per heavy atom. The highest BCUT2D eigenvalue weighted by molar-refractivity contribution is 5.68. The van der Waals surface area contributed by atoms with Gasteiger partial charge in [0.25, 0.3) is 0 Å². The van der Waals surface area contributed by atoms with E-state index in [1.165, 1.54) is 12.1 Å². The van der Waals surface area contributed by atoms with E-state index < -0.39 is 0 Å². The van der Waals surface area contributed by atoms with Gasteiger partial charge in [0.05, 0.1) is 11.4 Å². The van der Waals surface area contributed by atoms with E-state index in [0.29, 0.717) is 5.69 Å². The van der Waals surface area contributed by atoms with Crippen LogP contribution in [0.4, 0.5) is 15.8 Å². The van der Waals surface area contributed by atoms with E-state index in [-0.39, 0.29) is 5.82 Å². The summed E-state index contributed by atoms with van der Waals surface area (Å²) in [6, 6.07) is 4.65. The summed E-state index contributed by atoms with van der Waals surface area (Å²) >= 11 is 0. The Hall–Kier alpha value is -1.29. The van der Waals surface area contributed by atoms with Crippen molar-refractivity contribution in [1.82, 2.24) is 0 Å². The molecule has 0 bridgehead atoms. The number of fused-ring (bicyclic) bond motifs is 1. The standard InChI is InChI=1S/C13H17FN2O/c1-17-7-11-9-5-16(6-10(9)11)13-3-2-8(14)4-12(13)15/h2-4,9-11H,5-7,15H2,1H3/t9-,10?,11?/m0/s1. The molecule has 1 aliphatic carbocycles. The van der Waals surface area contributed by atoms with E-state index in [1.54, 1.807) is 13.2 Å². The number of hydrogen-bond donors (Lipinski definition) is 1. The molecule has 17 heavy (non-hydrogen) atoms. The first kappa shape index (κ1) is 10.8. The summed E-state index contributed by atoms with van der Waals surface area (Å²) in [6.45, 7) is 2.91. The molecule has 3 atom stereocenters. The smallest absolute Gasteiger partial charge is 0.125 e. The summed E-state index contributed by atoms with van der Waals surface area (Å²) in [5.74, 6) is 1.92. The van der Waals surface area contributed by atoms with Crippen LogP contribution in [0.15, 0.2) is 18.2 Å². The van der Waals surface area contributed by atoms with Crippen LogP contribution in [0.2, 0.25) is 0 Å². The maximum Gasteiger partial charge on any atom is 0.125 e. The van der Waals surface area contributed by atoms with Gasteiger partial charge in [0.15, 0.2) is 0 Å².